The highest BCUT2D eigenvalue weighted by Gasteiger charge is 2.54. The number of nitrogens with one attached hydrogen (secondary N) is 3. The summed E-state index contributed by atoms with van der Waals surface area (Å²) >= 11 is 6.09. The topological polar surface area (TPSA) is 246 Å². The van der Waals surface area contributed by atoms with Gasteiger partial charge >= 0.3 is 16.3 Å². The molecule has 0 radical (unpaired) electrons. The Labute approximate surface area is 238 Å². The van der Waals surface area contributed by atoms with Gasteiger partial charge in [-0.05, 0) is 26.1 Å². The molecule has 2 atom stereocenters. The van der Waals surface area contributed by atoms with Gasteiger partial charge in [-0.3, -0.25) is 23.7 Å². The number of aliphatic carboxylic acids is 1. The Hall–Kier alpha value is -3.62. The van der Waals surface area contributed by atoms with Crippen molar-refractivity contribution < 1.29 is 42.1 Å². The Kier molecular flexibility index (Phi) is 9.48. The van der Waals surface area contributed by atoms with E-state index in [-0.39, 0.29) is 21.7 Å². The first kappa shape index (κ1) is 30.9. The van der Waals surface area contributed by atoms with Gasteiger partial charge in [0.25, 0.3) is 11.8 Å². The van der Waals surface area contributed by atoms with Gasteiger partial charge in [0.2, 0.25) is 5.91 Å². The summed E-state index contributed by atoms with van der Waals surface area (Å²) in [5, 5.41) is 22.7. The van der Waals surface area contributed by atoms with Crippen LogP contribution >= 0.6 is 23.6 Å². The van der Waals surface area contributed by atoms with Gasteiger partial charge in [-0.2, -0.15) is 8.42 Å². The van der Waals surface area contributed by atoms with E-state index in [4.69, 9.17) is 22.8 Å². The number of carbonyl (C=O) groups is 4. The SMILES string of the molecule is CC(C)(CO/N=C(\C(=O)N[C@H]1C(=O)N(S(=O)(=O)O)[C@@H]1CC(=O)NCCN1CCNC1=S)c1csc(N)n1)C(=O)O. The second-order valence-electron chi connectivity index (χ2n) is 9.38. The van der Waals surface area contributed by atoms with Gasteiger partial charge < -0.3 is 36.5 Å². The normalized spacial score (nSPS) is 19.6. The molecule has 2 aliphatic rings. The third-order valence-electron chi connectivity index (χ3n) is 5.89. The molecule has 1 aromatic rings. The number of hydrogen-bond acceptors (Lipinski definition) is 12. The highest BCUT2D eigenvalue weighted by molar-refractivity contribution is 7.84. The van der Waals surface area contributed by atoms with Crippen LogP contribution < -0.4 is 21.7 Å². The summed E-state index contributed by atoms with van der Waals surface area (Å²) in [7, 11) is -5.05. The van der Waals surface area contributed by atoms with Crippen molar-refractivity contribution in [2.24, 2.45) is 10.6 Å². The fourth-order valence-electron chi connectivity index (χ4n) is 3.61. The summed E-state index contributed by atoms with van der Waals surface area (Å²) in [5.74, 6) is -4.07. The zero-order valence-electron chi connectivity index (χ0n) is 21.3. The Bertz CT molecular complexity index is 1330. The highest BCUT2D eigenvalue weighted by atomic mass is 32.2. The Morgan fingerprint density at radius 2 is 2.10 bits per heavy atom. The van der Waals surface area contributed by atoms with E-state index >= 15 is 0 Å². The number of rotatable bonds is 13. The van der Waals surface area contributed by atoms with E-state index in [0.717, 1.165) is 11.3 Å². The lowest BCUT2D eigenvalue weighted by atomic mass is 9.94. The number of β-lactam (4-membered cyclic amide) rings is 1. The number of carboxylic acids is 1. The fourth-order valence-corrected chi connectivity index (χ4v) is 5.32. The van der Waals surface area contributed by atoms with Gasteiger partial charge in [0.1, 0.15) is 18.3 Å². The molecule has 2 aliphatic heterocycles. The summed E-state index contributed by atoms with van der Waals surface area (Å²) in [5.41, 5.74) is 3.73. The number of amides is 3. The third kappa shape index (κ3) is 7.31. The first-order chi connectivity index (χ1) is 18.6. The number of nitrogen functional groups attached to an aromatic ring is 1. The molecule has 0 saturated carbocycles. The van der Waals surface area contributed by atoms with Gasteiger partial charge in [0.15, 0.2) is 16.0 Å². The van der Waals surface area contributed by atoms with Crippen LogP contribution in [0.4, 0.5) is 5.13 Å². The first-order valence-electron chi connectivity index (χ1n) is 11.7. The monoisotopic (exact) mass is 620 g/mol. The van der Waals surface area contributed by atoms with Crippen molar-refractivity contribution >= 4 is 73.5 Å². The molecule has 0 bridgehead atoms. The van der Waals surface area contributed by atoms with E-state index < -0.39 is 70.2 Å². The van der Waals surface area contributed by atoms with Gasteiger partial charge in [-0.25, -0.2) is 9.29 Å². The average molecular weight is 621 g/mol. The van der Waals surface area contributed by atoms with E-state index in [0.29, 0.717) is 24.7 Å². The van der Waals surface area contributed by atoms with Crippen LogP contribution in [-0.2, 0) is 34.3 Å². The van der Waals surface area contributed by atoms with Crippen LogP contribution in [0.3, 0.4) is 0 Å². The molecule has 17 nitrogen and oxygen atoms in total. The molecule has 7 N–H and O–H groups in total. The van der Waals surface area contributed by atoms with Crippen LogP contribution in [0.15, 0.2) is 10.5 Å². The number of hydrogen-bond donors (Lipinski definition) is 6. The minimum atomic E-state index is -5.05. The molecule has 20 heteroatoms. The Balaban J connectivity index is 1.72. The van der Waals surface area contributed by atoms with Crippen molar-refractivity contribution in [1.29, 1.82) is 0 Å². The number of carboxylic acid groups (broad SMARTS) is 1. The molecule has 1 aromatic heterocycles. The number of thiazole rings is 1. The van der Waals surface area contributed by atoms with Crippen LogP contribution in [-0.4, -0.2) is 112 Å². The van der Waals surface area contributed by atoms with Crippen molar-refractivity contribution in [2.75, 3.05) is 38.5 Å². The summed E-state index contributed by atoms with van der Waals surface area (Å²) in [6.45, 7) is 4.18. The lowest BCUT2D eigenvalue weighted by Crippen LogP contribution is -2.73. The summed E-state index contributed by atoms with van der Waals surface area (Å²) < 4.78 is 33.2. The van der Waals surface area contributed by atoms with Gasteiger partial charge in [-0.1, -0.05) is 5.16 Å². The number of nitrogens with two attached hydrogens (primary N) is 1. The van der Waals surface area contributed by atoms with Crippen molar-refractivity contribution in [1.82, 2.24) is 30.1 Å². The van der Waals surface area contributed by atoms with Crippen LogP contribution in [0.5, 0.6) is 0 Å². The van der Waals surface area contributed by atoms with Crippen LogP contribution in [0.1, 0.15) is 26.0 Å². The lowest BCUT2D eigenvalue weighted by molar-refractivity contribution is -0.150. The fraction of sp³-hybridized carbons (Fsp3) is 0.550. The number of thiocarbonyl (C=S) groups is 1. The molecule has 0 aliphatic carbocycles. The second kappa shape index (κ2) is 12.3. The second-order valence-corrected chi connectivity index (χ2v) is 11.9. The van der Waals surface area contributed by atoms with E-state index in [2.05, 4.69) is 26.1 Å². The van der Waals surface area contributed by atoms with E-state index in [1.54, 1.807) is 0 Å². The summed E-state index contributed by atoms with van der Waals surface area (Å²) in [6.07, 6.45) is -0.571. The smallest absolute Gasteiger partial charge is 0.362 e. The quantitative estimate of drug-likeness (QED) is 0.0449. The average Bonchev–Trinajstić information content (AvgIpc) is 3.46. The predicted molar refractivity (Wildman–Crippen MR) is 144 cm³/mol. The molecular weight excluding hydrogens is 592 g/mol. The summed E-state index contributed by atoms with van der Waals surface area (Å²) in [6, 6.07) is -2.98. The van der Waals surface area contributed by atoms with E-state index in [1.165, 1.54) is 19.2 Å². The maximum atomic E-state index is 13.1. The first-order valence-corrected chi connectivity index (χ1v) is 14.4. The number of anilines is 1. The van der Waals surface area contributed by atoms with Gasteiger partial charge in [0, 0.05) is 31.6 Å². The zero-order chi connectivity index (χ0) is 29.8. The van der Waals surface area contributed by atoms with Crippen molar-refractivity contribution in [3.8, 4) is 0 Å². The largest absolute Gasteiger partial charge is 0.481 e. The predicted octanol–water partition coefficient (Wildman–Crippen LogP) is -2.25. The van der Waals surface area contributed by atoms with E-state index in [9.17, 15) is 37.3 Å². The molecule has 2 saturated heterocycles. The lowest BCUT2D eigenvalue weighted by Gasteiger charge is -2.43. The minimum absolute atomic E-state index is 0.0600. The molecule has 0 aromatic carbocycles. The Morgan fingerprint density at radius 1 is 1.40 bits per heavy atom. The van der Waals surface area contributed by atoms with Crippen LogP contribution in [0.25, 0.3) is 0 Å². The van der Waals surface area contributed by atoms with Crippen molar-refractivity contribution in [3.63, 3.8) is 0 Å². The zero-order valence-corrected chi connectivity index (χ0v) is 23.8. The van der Waals surface area contributed by atoms with Gasteiger partial charge in [0.05, 0.1) is 17.9 Å². The van der Waals surface area contributed by atoms with Crippen molar-refractivity contribution in [2.45, 2.75) is 32.4 Å². The third-order valence-corrected chi connectivity index (χ3v) is 7.91. The molecular formula is C20H28N8O9S3. The molecule has 3 heterocycles. The molecule has 3 amide bonds. The minimum Gasteiger partial charge on any atom is -0.481 e. The molecule has 40 heavy (non-hydrogen) atoms. The van der Waals surface area contributed by atoms with E-state index in [1.807, 2.05) is 4.90 Å². The van der Waals surface area contributed by atoms with Gasteiger partial charge in [-0.15, -0.1) is 11.3 Å². The number of nitrogens with zero attached hydrogens (tertiary/aromatic N) is 4. The molecule has 0 unspecified atom stereocenters. The standard InChI is InChI=1S/C20H28N8O9S3/c1-20(2,17(32)33)9-37-26-13(10-8-39-18(21)24-10)15(30)25-14-11(28(16(14)31)40(34,35)36)7-12(29)22-3-5-27-6-4-23-19(27)38/h8,11,14H,3-7,9H2,1-2H3,(H2,21,24)(H,22,29)(H,23,38)(H,25,30)(H,32,33)(H,34,35,36)/b26-13-/t11-,14-/m1/s1. The maximum absolute atomic E-state index is 13.1. The maximum Gasteiger partial charge on any atom is 0.362 e. The number of aromatic nitrogens is 1. The molecule has 2 fully saturated rings. The van der Waals surface area contributed by atoms with Crippen LogP contribution in [0, 0.1) is 5.41 Å². The molecule has 220 valence electrons. The van der Waals surface area contributed by atoms with Crippen LogP contribution in [0.2, 0.25) is 0 Å². The molecule has 0 spiro atoms. The molecule has 3 rings (SSSR count). The number of oxime groups is 1. The summed E-state index contributed by atoms with van der Waals surface area (Å²) in [4.78, 5) is 60.4. The Morgan fingerprint density at radius 3 is 2.65 bits per heavy atom. The number of carbonyl (C=O) groups excluding carboxylic acids is 3. The van der Waals surface area contributed by atoms with Crippen molar-refractivity contribution in [3.05, 3.63) is 11.1 Å². The highest BCUT2D eigenvalue weighted by Crippen LogP contribution is 2.26.